The maximum absolute atomic E-state index is 12.8. The molecular weight excluding hydrogens is 350 g/mol. The molecular formula is C22H25N5O. The molecule has 0 aliphatic carbocycles. The Hall–Kier alpha value is -3.15. The Bertz CT molecular complexity index is 937. The predicted molar refractivity (Wildman–Crippen MR) is 110 cm³/mol. The van der Waals surface area contributed by atoms with Crippen molar-refractivity contribution in [1.82, 2.24) is 20.1 Å². The number of pyridine rings is 1. The first kappa shape index (κ1) is 18.2. The molecule has 6 nitrogen and oxygen atoms in total. The monoisotopic (exact) mass is 375 g/mol. The van der Waals surface area contributed by atoms with Gasteiger partial charge in [-0.1, -0.05) is 30.3 Å². The standard InChI is InChI=1S/C22H25N5O/c23-20-13-17(10-11-24-20)19-14-25-26-22(19)18-7-4-12-27(15-18)21(28)9-8-16-5-2-1-3-6-16/h1-3,5-6,10-11,13-14,18H,4,7-9,12,15H2,(H2,23,24)(H,25,26)/t18-/m1/s1. The third-order valence-electron chi connectivity index (χ3n) is 5.41. The number of nitrogen functional groups attached to an aromatic ring is 1. The van der Waals surface area contributed by atoms with E-state index < -0.39 is 0 Å². The van der Waals surface area contributed by atoms with Crippen LogP contribution >= 0.6 is 0 Å². The summed E-state index contributed by atoms with van der Waals surface area (Å²) >= 11 is 0. The highest BCUT2D eigenvalue weighted by atomic mass is 16.2. The highest BCUT2D eigenvalue weighted by Gasteiger charge is 2.27. The van der Waals surface area contributed by atoms with E-state index in [1.807, 2.05) is 41.4 Å². The van der Waals surface area contributed by atoms with Crippen LogP contribution in [0.2, 0.25) is 0 Å². The van der Waals surface area contributed by atoms with Gasteiger partial charge in [0, 0.05) is 42.9 Å². The number of aromatic amines is 1. The van der Waals surface area contributed by atoms with Crippen molar-refractivity contribution in [2.45, 2.75) is 31.6 Å². The molecule has 3 N–H and O–H groups in total. The number of nitrogens with two attached hydrogens (primary N) is 1. The quantitative estimate of drug-likeness (QED) is 0.715. The normalized spacial score (nSPS) is 16.9. The van der Waals surface area contributed by atoms with E-state index in [2.05, 4.69) is 27.3 Å². The number of H-pyrrole nitrogens is 1. The summed E-state index contributed by atoms with van der Waals surface area (Å²) in [6.45, 7) is 1.55. The molecule has 0 unspecified atom stereocenters. The number of anilines is 1. The molecule has 28 heavy (non-hydrogen) atoms. The van der Waals surface area contributed by atoms with Crippen LogP contribution in [0.25, 0.3) is 11.1 Å². The molecule has 2 aromatic heterocycles. The molecule has 3 heterocycles. The summed E-state index contributed by atoms with van der Waals surface area (Å²) in [4.78, 5) is 18.8. The van der Waals surface area contributed by atoms with Gasteiger partial charge >= 0.3 is 0 Å². The highest BCUT2D eigenvalue weighted by molar-refractivity contribution is 5.77. The number of aromatic nitrogens is 3. The number of hydrogen-bond acceptors (Lipinski definition) is 4. The van der Waals surface area contributed by atoms with Gasteiger partial charge in [0.25, 0.3) is 0 Å². The lowest BCUT2D eigenvalue weighted by atomic mass is 9.90. The van der Waals surface area contributed by atoms with Crippen molar-refractivity contribution in [3.05, 3.63) is 66.1 Å². The second-order valence-electron chi connectivity index (χ2n) is 7.33. The van der Waals surface area contributed by atoms with Gasteiger partial charge in [0.2, 0.25) is 5.91 Å². The van der Waals surface area contributed by atoms with Crippen molar-refractivity contribution < 1.29 is 4.79 Å². The zero-order chi connectivity index (χ0) is 19.3. The number of aryl methyl sites for hydroxylation is 1. The summed E-state index contributed by atoms with van der Waals surface area (Å²) in [5.74, 6) is 0.968. The molecule has 1 aliphatic heterocycles. The number of likely N-dealkylation sites (tertiary alicyclic amines) is 1. The van der Waals surface area contributed by atoms with Crippen molar-refractivity contribution in [2.75, 3.05) is 18.8 Å². The van der Waals surface area contributed by atoms with Crippen LogP contribution in [0.4, 0.5) is 5.82 Å². The van der Waals surface area contributed by atoms with Gasteiger partial charge in [-0.3, -0.25) is 9.89 Å². The van der Waals surface area contributed by atoms with Crippen LogP contribution in [0.1, 0.15) is 36.4 Å². The van der Waals surface area contributed by atoms with E-state index in [4.69, 9.17) is 5.73 Å². The number of nitrogens with one attached hydrogen (secondary N) is 1. The van der Waals surface area contributed by atoms with E-state index in [1.54, 1.807) is 6.20 Å². The minimum absolute atomic E-state index is 0.225. The van der Waals surface area contributed by atoms with E-state index in [0.29, 0.717) is 12.2 Å². The minimum Gasteiger partial charge on any atom is -0.384 e. The van der Waals surface area contributed by atoms with Crippen molar-refractivity contribution in [2.24, 2.45) is 0 Å². The Kier molecular flexibility index (Phi) is 5.37. The number of rotatable bonds is 5. The van der Waals surface area contributed by atoms with Gasteiger partial charge in [0.05, 0.1) is 6.20 Å². The molecule has 1 fully saturated rings. The minimum atomic E-state index is 0.225. The number of amides is 1. The van der Waals surface area contributed by atoms with Gasteiger partial charge in [-0.15, -0.1) is 0 Å². The average molecular weight is 375 g/mol. The van der Waals surface area contributed by atoms with Gasteiger partial charge < -0.3 is 10.6 Å². The number of hydrogen-bond donors (Lipinski definition) is 2. The molecule has 0 radical (unpaired) electrons. The van der Waals surface area contributed by atoms with E-state index in [1.165, 1.54) is 5.56 Å². The molecule has 1 atom stereocenters. The van der Waals surface area contributed by atoms with Crippen LogP contribution in [0.3, 0.4) is 0 Å². The molecule has 3 aromatic rings. The fourth-order valence-corrected chi connectivity index (χ4v) is 3.95. The maximum atomic E-state index is 12.8. The molecule has 6 heteroatoms. The Balaban J connectivity index is 1.44. The number of carbonyl (C=O) groups excluding carboxylic acids is 1. The zero-order valence-corrected chi connectivity index (χ0v) is 15.8. The topological polar surface area (TPSA) is 87.9 Å². The molecule has 0 saturated carbocycles. The van der Waals surface area contributed by atoms with Crippen molar-refractivity contribution >= 4 is 11.7 Å². The van der Waals surface area contributed by atoms with Gasteiger partial charge in [0.15, 0.2) is 0 Å². The molecule has 1 aliphatic rings. The lowest BCUT2D eigenvalue weighted by molar-refractivity contribution is -0.132. The Labute approximate surface area is 164 Å². The van der Waals surface area contributed by atoms with Crippen LogP contribution in [0.15, 0.2) is 54.9 Å². The second kappa shape index (κ2) is 8.25. The summed E-state index contributed by atoms with van der Waals surface area (Å²) in [5, 5.41) is 7.42. The molecule has 1 aromatic carbocycles. The van der Waals surface area contributed by atoms with Crippen LogP contribution < -0.4 is 5.73 Å². The van der Waals surface area contributed by atoms with Crippen molar-refractivity contribution in [3.8, 4) is 11.1 Å². The Morgan fingerprint density at radius 2 is 2.11 bits per heavy atom. The first-order valence-electron chi connectivity index (χ1n) is 9.77. The third-order valence-corrected chi connectivity index (χ3v) is 5.41. The van der Waals surface area contributed by atoms with Crippen LogP contribution in [0.5, 0.6) is 0 Å². The Morgan fingerprint density at radius 1 is 1.25 bits per heavy atom. The summed E-state index contributed by atoms with van der Waals surface area (Å²) in [7, 11) is 0. The predicted octanol–water partition coefficient (Wildman–Crippen LogP) is 3.39. The van der Waals surface area contributed by atoms with Crippen LogP contribution in [-0.2, 0) is 11.2 Å². The number of piperidine rings is 1. The maximum Gasteiger partial charge on any atom is 0.222 e. The zero-order valence-electron chi connectivity index (χ0n) is 15.8. The average Bonchev–Trinajstić information content (AvgIpc) is 3.23. The first-order valence-corrected chi connectivity index (χ1v) is 9.77. The lowest BCUT2D eigenvalue weighted by Crippen LogP contribution is -2.39. The van der Waals surface area contributed by atoms with Crippen LogP contribution in [-0.4, -0.2) is 39.1 Å². The van der Waals surface area contributed by atoms with Gasteiger partial charge in [-0.25, -0.2) is 4.98 Å². The smallest absolute Gasteiger partial charge is 0.222 e. The number of benzene rings is 1. The fraction of sp³-hybridized carbons (Fsp3) is 0.318. The molecule has 0 spiro atoms. The molecule has 0 bridgehead atoms. The summed E-state index contributed by atoms with van der Waals surface area (Å²) in [5.41, 5.74) is 10.2. The molecule has 144 valence electrons. The largest absolute Gasteiger partial charge is 0.384 e. The van der Waals surface area contributed by atoms with Crippen molar-refractivity contribution in [1.29, 1.82) is 0 Å². The SMILES string of the molecule is Nc1cc(-c2cn[nH]c2[C@@H]2CCCN(C(=O)CCc3ccccc3)C2)ccn1. The summed E-state index contributed by atoms with van der Waals surface area (Å²) in [6.07, 6.45) is 6.92. The molecule has 4 rings (SSSR count). The lowest BCUT2D eigenvalue weighted by Gasteiger charge is -2.33. The van der Waals surface area contributed by atoms with E-state index >= 15 is 0 Å². The Morgan fingerprint density at radius 3 is 2.93 bits per heavy atom. The van der Waals surface area contributed by atoms with E-state index in [-0.39, 0.29) is 11.8 Å². The second-order valence-corrected chi connectivity index (χ2v) is 7.33. The molecule has 1 amide bonds. The van der Waals surface area contributed by atoms with E-state index in [9.17, 15) is 4.79 Å². The van der Waals surface area contributed by atoms with Crippen LogP contribution in [0, 0.1) is 0 Å². The fourth-order valence-electron chi connectivity index (χ4n) is 3.95. The van der Waals surface area contributed by atoms with Gasteiger partial charge in [-0.2, -0.15) is 5.10 Å². The highest BCUT2D eigenvalue weighted by Crippen LogP contribution is 2.33. The molecule has 1 saturated heterocycles. The van der Waals surface area contributed by atoms with Crippen molar-refractivity contribution in [3.63, 3.8) is 0 Å². The summed E-state index contributed by atoms with van der Waals surface area (Å²) in [6, 6.07) is 14.0. The number of nitrogens with zero attached hydrogens (tertiary/aromatic N) is 3. The van der Waals surface area contributed by atoms with Gasteiger partial charge in [-0.05, 0) is 42.5 Å². The van der Waals surface area contributed by atoms with Gasteiger partial charge in [0.1, 0.15) is 5.82 Å². The third kappa shape index (κ3) is 4.06. The number of carbonyl (C=O) groups is 1. The first-order chi connectivity index (χ1) is 13.7. The summed E-state index contributed by atoms with van der Waals surface area (Å²) < 4.78 is 0. The van der Waals surface area contributed by atoms with E-state index in [0.717, 1.165) is 49.2 Å².